The molecule has 1 aromatic carbocycles. The van der Waals surface area contributed by atoms with Gasteiger partial charge in [0.1, 0.15) is 0 Å². The van der Waals surface area contributed by atoms with Crippen LogP contribution in [0.3, 0.4) is 0 Å². The number of hydrogen-bond acceptors (Lipinski definition) is 2. The van der Waals surface area contributed by atoms with E-state index in [9.17, 15) is 0 Å². The third-order valence-electron chi connectivity index (χ3n) is 2.06. The number of aromatic nitrogens is 2. The van der Waals surface area contributed by atoms with Crippen LogP contribution in [-0.4, -0.2) is 15.5 Å². The van der Waals surface area contributed by atoms with Crippen molar-refractivity contribution in [1.29, 1.82) is 0 Å². The maximum absolute atomic E-state index is 4.29. The number of thiol groups is 1. The van der Waals surface area contributed by atoms with Crippen LogP contribution in [0.25, 0.3) is 5.69 Å². The third kappa shape index (κ3) is 1.99. The van der Waals surface area contributed by atoms with E-state index in [-0.39, 0.29) is 0 Å². The normalized spacial score (nSPS) is 10.4. The highest BCUT2D eigenvalue weighted by molar-refractivity contribution is 7.80. The van der Waals surface area contributed by atoms with Crippen molar-refractivity contribution < 1.29 is 0 Å². The number of benzene rings is 1. The summed E-state index contributed by atoms with van der Waals surface area (Å²) in [5, 5.41) is 4.29. The fraction of sp³-hybridized carbons (Fsp3) is 0.182. The molecule has 2 aromatic rings. The fourth-order valence-corrected chi connectivity index (χ4v) is 1.60. The molecule has 0 saturated heterocycles. The molecule has 3 heteroatoms. The van der Waals surface area contributed by atoms with Crippen molar-refractivity contribution >= 4 is 12.6 Å². The van der Waals surface area contributed by atoms with Gasteiger partial charge in [-0.3, -0.25) is 0 Å². The number of para-hydroxylation sites is 1. The summed E-state index contributed by atoms with van der Waals surface area (Å²) in [6, 6.07) is 10.1. The highest BCUT2D eigenvalue weighted by Gasteiger charge is 1.98. The SMILES string of the molecule is SCCc1cnn(-c2ccccc2)c1. The Bertz CT molecular complexity index is 395. The lowest BCUT2D eigenvalue weighted by Crippen LogP contribution is -1.92. The van der Waals surface area contributed by atoms with E-state index in [0.29, 0.717) is 0 Å². The van der Waals surface area contributed by atoms with E-state index >= 15 is 0 Å². The Hall–Kier alpha value is -1.22. The summed E-state index contributed by atoms with van der Waals surface area (Å²) in [6.45, 7) is 0. The number of rotatable bonds is 3. The van der Waals surface area contributed by atoms with E-state index in [1.54, 1.807) is 0 Å². The van der Waals surface area contributed by atoms with Crippen molar-refractivity contribution in [3.8, 4) is 5.69 Å². The van der Waals surface area contributed by atoms with Crippen LogP contribution in [0.2, 0.25) is 0 Å². The Balaban J connectivity index is 2.25. The minimum atomic E-state index is 0.862. The first kappa shape index (κ1) is 9.34. The molecular formula is C11H12N2S. The fourth-order valence-electron chi connectivity index (χ4n) is 1.34. The van der Waals surface area contributed by atoms with Gasteiger partial charge in [-0.2, -0.15) is 17.7 Å². The molecule has 0 fully saturated rings. The van der Waals surface area contributed by atoms with Gasteiger partial charge in [-0.15, -0.1) is 0 Å². The molecule has 2 rings (SSSR count). The summed E-state index contributed by atoms with van der Waals surface area (Å²) < 4.78 is 1.89. The van der Waals surface area contributed by atoms with E-state index in [0.717, 1.165) is 17.9 Å². The highest BCUT2D eigenvalue weighted by Crippen LogP contribution is 2.08. The van der Waals surface area contributed by atoms with Gasteiger partial charge in [0.25, 0.3) is 0 Å². The molecule has 0 amide bonds. The van der Waals surface area contributed by atoms with E-state index < -0.39 is 0 Å². The predicted octanol–water partition coefficient (Wildman–Crippen LogP) is 2.34. The van der Waals surface area contributed by atoms with E-state index in [1.807, 2.05) is 47.4 Å². The van der Waals surface area contributed by atoms with Crippen LogP contribution in [-0.2, 0) is 6.42 Å². The lowest BCUT2D eigenvalue weighted by atomic mass is 10.3. The van der Waals surface area contributed by atoms with E-state index in [1.165, 1.54) is 5.56 Å². The first-order valence-electron chi connectivity index (χ1n) is 4.60. The van der Waals surface area contributed by atoms with Gasteiger partial charge in [-0.25, -0.2) is 4.68 Å². The van der Waals surface area contributed by atoms with Gasteiger partial charge in [0.2, 0.25) is 0 Å². The van der Waals surface area contributed by atoms with Crippen molar-refractivity contribution in [2.75, 3.05) is 5.75 Å². The molecule has 0 atom stereocenters. The van der Waals surface area contributed by atoms with Crippen molar-refractivity contribution in [2.24, 2.45) is 0 Å². The summed E-state index contributed by atoms with van der Waals surface area (Å²) in [5.74, 6) is 0.862. The zero-order chi connectivity index (χ0) is 9.80. The largest absolute Gasteiger partial charge is 0.241 e. The maximum Gasteiger partial charge on any atom is 0.0645 e. The summed E-state index contributed by atoms with van der Waals surface area (Å²) >= 11 is 4.19. The quantitative estimate of drug-likeness (QED) is 0.760. The molecule has 2 nitrogen and oxygen atoms in total. The van der Waals surface area contributed by atoms with Crippen molar-refractivity contribution in [2.45, 2.75) is 6.42 Å². The summed E-state index contributed by atoms with van der Waals surface area (Å²) in [7, 11) is 0. The summed E-state index contributed by atoms with van der Waals surface area (Å²) in [4.78, 5) is 0. The summed E-state index contributed by atoms with van der Waals surface area (Å²) in [6.07, 6.45) is 4.91. The maximum atomic E-state index is 4.29. The second kappa shape index (κ2) is 4.33. The standard InChI is InChI=1S/C11H12N2S/c14-7-6-10-8-12-13(9-10)11-4-2-1-3-5-11/h1-5,8-9,14H,6-7H2. The van der Waals surface area contributed by atoms with Crippen LogP contribution < -0.4 is 0 Å². The van der Waals surface area contributed by atoms with Gasteiger partial charge in [0.05, 0.1) is 11.9 Å². The first-order chi connectivity index (χ1) is 6.90. The smallest absolute Gasteiger partial charge is 0.0645 e. The van der Waals surface area contributed by atoms with Gasteiger partial charge in [0, 0.05) is 6.20 Å². The number of hydrogen-bond donors (Lipinski definition) is 1. The van der Waals surface area contributed by atoms with Crippen LogP contribution >= 0.6 is 12.6 Å². The second-order valence-corrected chi connectivity index (χ2v) is 3.55. The second-order valence-electron chi connectivity index (χ2n) is 3.10. The molecule has 0 bridgehead atoms. The molecule has 0 aliphatic rings. The molecule has 0 spiro atoms. The zero-order valence-electron chi connectivity index (χ0n) is 7.80. The average molecular weight is 204 g/mol. The van der Waals surface area contributed by atoms with Crippen molar-refractivity contribution in [1.82, 2.24) is 9.78 Å². The Morgan fingerprint density at radius 3 is 2.71 bits per heavy atom. The van der Waals surface area contributed by atoms with Gasteiger partial charge in [0.15, 0.2) is 0 Å². The van der Waals surface area contributed by atoms with E-state index in [2.05, 4.69) is 17.7 Å². The Labute approximate surface area is 89.0 Å². The summed E-state index contributed by atoms with van der Waals surface area (Å²) in [5.41, 5.74) is 2.32. The Morgan fingerprint density at radius 1 is 1.21 bits per heavy atom. The molecule has 1 aromatic heterocycles. The third-order valence-corrected chi connectivity index (χ3v) is 2.28. The minimum Gasteiger partial charge on any atom is -0.241 e. The minimum absolute atomic E-state index is 0.862. The Kier molecular flexibility index (Phi) is 2.89. The van der Waals surface area contributed by atoms with Crippen LogP contribution in [0.15, 0.2) is 42.7 Å². The number of nitrogens with zero attached hydrogens (tertiary/aromatic N) is 2. The van der Waals surface area contributed by atoms with Crippen molar-refractivity contribution in [3.63, 3.8) is 0 Å². The molecule has 0 aliphatic heterocycles. The van der Waals surface area contributed by atoms with Gasteiger partial charge >= 0.3 is 0 Å². The van der Waals surface area contributed by atoms with Crippen LogP contribution in [0.4, 0.5) is 0 Å². The van der Waals surface area contributed by atoms with Crippen LogP contribution in [0.5, 0.6) is 0 Å². The monoisotopic (exact) mass is 204 g/mol. The average Bonchev–Trinajstić information content (AvgIpc) is 2.68. The lowest BCUT2D eigenvalue weighted by molar-refractivity contribution is 0.880. The molecule has 1 heterocycles. The molecule has 0 N–H and O–H groups in total. The van der Waals surface area contributed by atoms with E-state index in [4.69, 9.17) is 0 Å². The lowest BCUT2D eigenvalue weighted by Gasteiger charge is -1.98. The molecular weight excluding hydrogens is 192 g/mol. The number of aryl methyl sites for hydroxylation is 1. The van der Waals surface area contributed by atoms with Crippen LogP contribution in [0.1, 0.15) is 5.56 Å². The predicted molar refractivity (Wildman–Crippen MR) is 61.1 cm³/mol. The zero-order valence-corrected chi connectivity index (χ0v) is 8.69. The van der Waals surface area contributed by atoms with Gasteiger partial charge in [-0.1, -0.05) is 18.2 Å². The van der Waals surface area contributed by atoms with Crippen molar-refractivity contribution in [3.05, 3.63) is 48.3 Å². The van der Waals surface area contributed by atoms with Crippen LogP contribution in [0, 0.1) is 0 Å². The molecule has 72 valence electrons. The van der Waals surface area contributed by atoms with Gasteiger partial charge < -0.3 is 0 Å². The first-order valence-corrected chi connectivity index (χ1v) is 5.23. The molecule has 0 saturated carbocycles. The molecule has 0 radical (unpaired) electrons. The molecule has 0 unspecified atom stereocenters. The highest BCUT2D eigenvalue weighted by atomic mass is 32.1. The Morgan fingerprint density at radius 2 is 2.00 bits per heavy atom. The molecule has 14 heavy (non-hydrogen) atoms. The topological polar surface area (TPSA) is 17.8 Å². The van der Waals surface area contributed by atoms with Gasteiger partial charge in [-0.05, 0) is 29.9 Å². The molecule has 0 aliphatic carbocycles.